The number of sulfonamides is 1. The Morgan fingerprint density at radius 3 is 2.59 bits per heavy atom. The summed E-state index contributed by atoms with van der Waals surface area (Å²) in [7, 11) is -3.41. The van der Waals surface area contributed by atoms with Crippen LogP contribution in [0.2, 0.25) is 0 Å². The molecule has 1 aliphatic rings. The number of amides is 1. The summed E-state index contributed by atoms with van der Waals surface area (Å²) in [6.45, 7) is 4.53. The zero-order valence-electron chi connectivity index (χ0n) is 16.8. The fourth-order valence-electron chi connectivity index (χ4n) is 3.36. The Labute approximate surface area is 171 Å². The van der Waals surface area contributed by atoms with Gasteiger partial charge in [0.15, 0.2) is 0 Å². The molecule has 3 rings (SSSR count). The first kappa shape index (κ1) is 21.5. The molecule has 1 amide bonds. The van der Waals surface area contributed by atoms with Gasteiger partial charge < -0.3 is 10.1 Å². The lowest BCUT2D eigenvalue weighted by Crippen LogP contribution is -2.49. The SMILES string of the molecule is CC1CN(S(=O)(=O)CCNC(=O)CCc2cnn(-c3ccccc3)c2)CC(C)O1. The van der Waals surface area contributed by atoms with Gasteiger partial charge in [-0.25, -0.2) is 13.1 Å². The molecule has 0 spiro atoms. The summed E-state index contributed by atoms with van der Waals surface area (Å²) in [6.07, 6.45) is 4.22. The number of para-hydroxylation sites is 1. The molecule has 2 atom stereocenters. The van der Waals surface area contributed by atoms with Gasteiger partial charge in [-0.1, -0.05) is 18.2 Å². The summed E-state index contributed by atoms with van der Waals surface area (Å²) in [4.78, 5) is 12.1. The summed E-state index contributed by atoms with van der Waals surface area (Å²) >= 11 is 0. The molecule has 1 N–H and O–H groups in total. The molecule has 2 unspecified atom stereocenters. The third-order valence-corrected chi connectivity index (χ3v) is 6.56. The summed E-state index contributed by atoms with van der Waals surface area (Å²) in [5.74, 6) is -0.277. The van der Waals surface area contributed by atoms with Crippen molar-refractivity contribution in [2.24, 2.45) is 0 Å². The number of hydrogen-bond donors (Lipinski definition) is 1. The molecule has 158 valence electrons. The summed E-state index contributed by atoms with van der Waals surface area (Å²) < 4.78 is 33.8. The number of morpholine rings is 1. The van der Waals surface area contributed by atoms with Crippen molar-refractivity contribution in [3.05, 3.63) is 48.3 Å². The third-order valence-electron chi connectivity index (χ3n) is 4.76. The Morgan fingerprint density at radius 1 is 1.21 bits per heavy atom. The van der Waals surface area contributed by atoms with E-state index in [-0.39, 0.29) is 36.8 Å². The van der Waals surface area contributed by atoms with E-state index in [9.17, 15) is 13.2 Å². The fraction of sp³-hybridized carbons (Fsp3) is 0.500. The standard InChI is InChI=1S/C20H28N4O4S/c1-16-13-23(14-17(2)28-16)29(26,27)11-10-21-20(25)9-8-18-12-22-24(15-18)19-6-4-3-5-7-19/h3-7,12,15-17H,8-11,13-14H2,1-2H3,(H,21,25). The lowest BCUT2D eigenvalue weighted by Gasteiger charge is -2.34. The number of carbonyl (C=O) groups excluding carboxylic acids is 1. The molecule has 1 fully saturated rings. The second kappa shape index (κ2) is 9.51. The van der Waals surface area contributed by atoms with Gasteiger partial charge in [0.05, 0.1) is 29.8 Å². The van der Waals surface area contributed by atoms with Crippen molar-refractivity contribution >= 4 is 15.9 Å². The topological polar surface area (TPSA) is 93.5 Å². The highest BCUT2D eigenvalue weighted by Crippen LogP contribution is 2.14. The van der Waals surface area contributed by atoms with E-state index < -0.39 is 10.0 Å². The van der Waals surface area contributed by atoms with Crippen molar-refractivity contribution in [2.45, 2.75) is 38.9 Å². The van der Waals surface area contributed by atoms with Gasteiger partial charge in [-0.2, -0.15) is 9.40 Å². The predicted octanol–water partition coefficient (Wildman–Crippen LogP) is 1.36. The molecular formula is C20H28N4O4S. The number of nitrogens with zero attached hydrogens (tertiary/aromatic N) is 3. The molecule has 0 radical (unpaired) electrons. The van der Waals surface area contributed by atoms with Crippen LogP contribution in [0.1, 0.15) is 25.8 Å². The van der Waals surface area contributed by atoms with E-state index in [0.717, 1.165) is 11.3 Å². The van der Waals surface area contributed by atoms with Crippen LogP contribution in [0, 0.1) is 0 Å². The van der Waals surface area contributed by atoms with Crippen LogP contribution in [0.4, 0.5) is 0 Å². The Hall–Kier alpha value is -2.23. The zero-order chi connectivity index (χ0) is 20.9. The highest BCUT2D eigenvalue weighted by molar-refractivity contribution is 7.89. The van der Waals surface area contributed by atoms with E-state index in [0.29, 0.717) is 19.5 Å². The lowest BCUT2D eigenvalue weighted by molar-refractivity contribution is -0.120. The van der Waals surface area contributed by atoms with E-state index >= 15 is 0 Å². The minimum absolute atomic E-state index is 0.102. The molecule has 2 heterocycles. The maximum atomic E-state index is 12.5. The van der Waals surface area contributed by atoms with Gasteiger partial charge >= 0.3 is 0 Å². The first-order valence-electron chi connectivity index (χ1n) is 9.82. The Morgan fingerprint density at radius 2 is 1.90 bits per heavy atom. The molecule has 0 saturated carbocycles. The number of nitrogens with one attached hydrogen (secondary N) is 1. The van der Waals surface area contributed by atoms with E-state index in [2.05, 4.69) is 10.4 Å². The molecule has 0 bridgehead atoms. The Kier molecular flexibility index (Phi) is 7.05. The predicted molar refractivity (Wildman–Crippen MR) is 110 cm³/mol. The van der Waals surface area contributed by atoms with E-state index in [1.54, 1.807) is 10.9 Å². The Balaban J connectivity index is 1.42. The molecule has 1 aromatic heterocycles. The second-order valence-corrected chi connectivity index (χ2v) is 9.46. The quantitative estimate of drug-likeness (QED) is 0.696. The molecule has 9 heteroatoms. The summed E-state index contributed by atoms with van der Waals surface area (Å²) in [6, 6.07) is 9.74. The van der Waals surface area contributed by atoms with Crippen LogP contribution in [-0.4, -0.2) is 66.0 Å². The van der Waals surface area contributed by atoms with Crippen molar-refractivity contribution in [1.29, 1.82) is 0 Å². The molecule has 0 aliphatic carbocycles. The van der Waals surface area contributed by atoms with Crippen LogP contribution < -0.4 is 5.32 Å². The minimum atomic E-state index is -3.41. The van der Waals surface area contributed by atoms with Gasteiger partial charge in [-0.3, -0.25) is 4.79 Å². The second-order valence-electron chi connectivity index (χ2n) is 7.37. The van der Waals surface area contributed by atoms with Gasteiger partial charge in [0, 0.05) is 32.3 Å². The van der Waals surface area contributed by atoms with Crippen LogP contribution >= 0.6 is 0 Å². The van der Waals surface area contributed by atoms with Crippen LogP contribution in [0.25, 0.3) is 5.69 Å². The van der Waals surface area contributed by atoms with Gasteiger partial charge in [0.2, 0.25) is 15.9 Å². The monoisotopic (exact) mass is 420 g/mol. The van der Waals surface area contributed by atoms with E-state index in [1.807, 2.05) is 50.4 Å². The van der Waals surface area contributed by atoms with Crippen molar-refractivity contribution in [3.63, 3.8) is 0 Å². The molecule has 29 heavy (non-hydrogen) atoms. The first-order valence-corrected chi connectivity index (χ1v) is 11.4. The lowest BCUT2D eigenvalue weighted by atomic mass is 10.2. The first-order chi connectivity index (χ1) is 13.8. The third kappa shape index (κ3) is 6.12. The van der Waals surface area contributed by atoms with Crippen LogP contribution in [0.15, 0.2) is 42.7 Å². The molecule has 1 aliphatic heterocycles. The van der Waals surface area contributed by atoms with Crippen molar-refractivity contribution < 1.29 is 17.9 Å². The highest BCUT2D eigenvalue weighted by atomic mass is 32.2. The van der Waals surface area contributed by atoms with E-state index in [4.69, 9.17) is 4.74 Å². The normalized spacial score (nSPS) is 20.5. The van der Waals surface area contributed by atoms with Crippen LogP contribution in [0.5, 0.6) is 0 Å². The molecule has 1 aromatic carbocycles. The fourth-order valence-corrected chi connectivity index (χ4v) is 4.86. The zero-order valence-corrected chi connectivity index (χ0v) is 17.6. The number of benzene rings is 1. The van der Waals surface area contributed by atoms with Gasteiger partial charge in [0.1, 0.15) is 0 Å². The largest absolute Gasteiger partial charge is 0.373 e. The number of rotatable bonds is 8. The number of hydrogen-bond acceptors (Lipinski definition) is 5. The van der Waals surface area contributed by atoms with Crippen molar-refractivity contribution in [3.8, 4) is 5.69 Å². The Bertz CT molecular complexity index is 904. The van der Waals surface area contributed by atoms with Crippen molar-refractivity contribution in [1.82, 2.24) is 19.4 Å². The number of carbonyl (C=O) groups is 1. The smallest absolute Gasteiger partial charge is 0.220 e. The van der Waals surface area contributed by atoms with Crippen LogP contribution in [-0.2, 0) is 26.0 Å². The average Bonchev–Trinajstić information content (AvgIpc) is 3.15. The molecular weight excluding hydrogens is 392 g/mol. The molecule has 8 nitrogen and oxygen atoms in total. The summed E-state index contributed by atoms with van der Waals surface area (Å²) in [5.41, 5.74) is 1.91. The van der Waals surface area contributed by atoms with Crippen LogP contribution in [0.3, 0.4) is 0 Å². The summed E-state index contributed by atoms with van der Waals surface area (Å²) in [5, 5.41) is 7.02. The highest BCUT2D eigenvalue weighted by Gasteiger charge is 2.30. The van der Waals surface area contributed by atoms with E-state index in [1.165, 1.54) is 4.31 Å². The molecule has 1 saturated heterocycles. The maximum Gasteiger partial charge on any atom is 0.220 e. The molecule has 2 aromatic rings. The minimum Gasteiger partial charge on any atom is -0.373 e. The van der Waals surface area contributed by atoms with Gasteiger partial charge in [0.25, 0.3) is 0 Å². The number of aryl methyl sites for hydroxylation is 1. The van der Waals surface area contributed by atoms with Crippen molar-refractivity contribution in [2.75, 3.05) is 25.4 Å². The van der Waals surface area contributed by atoms with Gasteiger partial charge in [-0.05, 0) is 38.0 Å². The number of ether oxygens (including phenoxy) is 1. The van der Waals surface area contributed by atoms with Gasteiger partial charge in [-0.15, -0.1) is 0 Å². The number of aromatic nitrogens is 2. The average molecular weight is 421 g/mol. The maximum absolute atomic E-state index is 12.5.